The van der Waals surface area contributed by atoms with Crippen molar-refractivity contribution in [3.63, 3.8) is 0 Å². The van der Waals surface area contributed by atoms with Crippen LogP contribution >= 0.6 is 0 Å². The van der Waals surface area contributed by atoms with Crippen molar-refractivity contribution in [2.75, 3.05) is 6.54 Å². The van der Waals surface area contributed by atoms with E-state index in [9.17, 15) is 4.79 Å². The fraction of sp³-hybridized carbons (Fsp3) is 0.357. The first kappa shape index (κ1) is 12.6. The molecule has 2 N–H and O–H groups in total. The van der Waals surface area contributed by atoms with Gasteiger partial charge in [-0.25, -0.2) is 4.79 Å². The Labute approximate surface area is 105 Å². The van der Waals surface area contributed by atoms with Gasteiger partial charge < -0.3 is 14.9 Å². The van der Waals surface area contributed by atoms with Gasteiger partial charge in [0.25, 0.3) is 0 Å². The van der Waals surface area contributed by atoms with Crippen molar-refractivity contribution in [1.29, 1.82) is 0 Å². The van der Waals surface area contributed by atoms with Gasteiger partial charge in [-0.1, -0.05) is 0 Å². The molecule has 0 saturated carbocycles. The SMILES string of the molecule is Cc1cc(=O)oc2cc(OC(C)(C)CN)ccc12. The second-order valence-corrected chi connectivity index (χ2v) is 4.97. The van der Waals surface area contributed by atoms with E-state index >= 15 is 0 Å². The predicted octanol–water partition coefficient (Wildman–Crippen LogP) is 2.22. The first-order chi connectivity index (χ1) is 8.41. The molecule has 0 saturated heterocycles. The minimum Gasteiger partial charge on any atom is -0.486 e. The third-order valence-corrected chi connectivity index (χ3v) is 2.81. The van der Waals surface area contributed by atoms with E-state index in [1.165, 1.54) is 6.07 Å². The Hall–Kier alpha value is -1.81. The van der Waals surface area contributed by atoms with Crippen LogP contribution in [0.2, 0.25) is 0 Å². The van der Waals surface area contributed by atoms with Crippen LogP contribution in [0, 0.1) is 6.92 Å². The van der Waals surface area contributed by atoms with E-state index in [0.717, 1.165) is 10.9 Å². The van der Waals surface area contributed by atoms with Crippen LogP contribution in [0.1, 0.15) is 19.4 Å². The summed E-state index contributed by atoms with van der Waals surface area (Å²) in [6.45, 7) is 6.10. The molecule has 0 fully saturated rings. The fourth-order valence-corrected chi connectivity index (χ4v) is 1.73. The molecule has 0 radical (unpaired) electrons. The van der Waals surface area contributed by atoms with Crippen LogP contribution in [0.4, 0.5) is 0 Å². The van der Waals surface area contributed by atoms with Crippen molar-refractivity contribution in [2.24, 2.45) is 5.73 Å². The molecule has 0 atom stereocenters. The van der Waals surface area contributed by atoms with Crippen LogP contribution in [0.3, 0.4) is 0 Å². The smallest absolute Gasteiger partial charge is 0.336 e. The lowest BCUT2D eigenvalue weighted by atomic mass is 10.1. The van der Waals surface area contributed by atoms with Crippen molar-refractivity contribution >= 4 is 11.0 Å². The predicted molar refractivity (Wildman–Crippen MR) is 71.0 cm³/mol. The standard InChI is InChI=1S/C14H17NO3/c1-9-6-13(16)17-12-7-10(4-5-11(9)12)18-14(2,3)8-15/h4-7H,8,15H2,1-3H3. The summed E-state index contributed by atoms with van der Waals surface area (Å²) in [7, 11) is 0. The molecule has 0 aliphatic heterocycles. The number of rotatable bonds is 3. The van der Waals surface area contributed by atoms with E-state index in [0.29, 0.717) is 17.9 Å². The molecule has 96 valence electrons. The van der Waals surface area contributed by atoms with Gasteiger partial charge >= 0.3 is 5.63 Å². The molecule has 4 nitrogen and oxygen atoms in total. The van der Waals surface area contributed by atoms with Gasteiger partial charge in [0.2, 0.25) is 0 Å². The van der Waals surface area contributed by atoms with Crippen molar-refractivity contribution in [2.45, 2.75) is 26.4 Å². The van der Waals surface area contributed by atoms with Crippen LogP contribution in [0.25, 0.3) is 11.0 Å². The first-order valence-corrected chi connectivity index (χ1v) is 5.85. The van der Waals surface area contributed by atoms with Gasteiger partial charge in [0.05, 0.1) is 0 Å². The molecule has 0 aliphatic rings. The van der Waals surface area contributed by atoms with Gasteiger partial charge in [0, 0.05) is 24.1 Å². The van der Waals surface area contributed by atoms with Crippen molar-refractivity contribution in [3.05, 3.63) is 40.2 Å². The van der Waals surface area contributed by atoms with Crippen molar-refractivity contribution in [1.82, 2.24) is 0 Å². The van der Waals surface area contributed by atoms with Gasteiger partial charge in [-0.2, -0.15) is 0 Å². The Morgan fingerprint density at radius 3 is 2.72 bits per heavy atom. The summed E-state index contributed by atoms with van der Waals surface area (Å²) in [6, 6.07) is 6.94. The van der Waals surface area contributed by atoms with Crippen LogP contribution in [0.5, 0.6) is 5.75 Å². The van der Waals surface area contributed by atoms with Gasteiger partial charge in [0.15, 0.2) is 0 Å². The number of hydrogen-bond acceptors (Lipinski definition) is 4. The summed E-state index contributed by atoms with van der Waals surface area (Å²) in [5.41, 5.74) is 6.25. The maximum Gasteiger partial charge on any atom is 0.336 e. The molecule has 2 aromatic rings. The van der Waals surface area contributed by atoms with E-state index < -0.39 is 5.60 Å². The summed E-state index contributed by atoms with van der Waals surface area (Å²) in [6.07, 6.45) is 0. The third-order valence-electron chi connectivity index (χ3n) is 2.81. The van der Waals surface area contributed by atoms with E-state index in [-0.39, 0.29) is 5.63 Å². The van der Waals surface area contributed by atoms with Crippen molar-refractivity contribution < 1.29 is 9.15 Å². The first-order valence-electron chi connectivity index (χ1n) is 5.85. The minimum absolute atomic E-state index is 0.352. The molecular formula is C14H17NO3. The van der Waals surface area contributed by atoms with E-state index in [1.807, 2.05) is 32.9 Å². The largest absolute Gasteiger partial charge is 0.486 e. The number of nitrogens with two attached hydrogens (primary N) is 1. The van der Waals surface area contributed by atoms with Gasteiger partial charge in [-0.3, -0.25) is 0 Å². The van der Waals surface area contributed by atoms with E-state index in [4.69, 9.17) is 14.9 Å². The Kier molecular flexibility index (Phi) is 3.13. The highest BCUT2D eigenvalue weighted by Crippen LogP contribution is 2.24. The minimum atomic E-state index is -0.447. The molecule has 0 spiro atoms. The third kappa shape index (κ3) is 2.54. The molecule has 4 heteroatoms. The highest BCUT2D eigenvalue weighted by Gasteiger charge is 2.17. The van der Waals surface area contributed by atoms with Crippen LogP contribution in [-0.4, -0.2) is 12.1 Å². The second-order valence-electron chi connectivity index (χ2n) is 4.97. The monoisotopic (exact) mass is 247 g/mol. The number of aryl methyl sites for hydroxylation is 1. The van der Waals surface area contributed by atoms with Crippen LogP contribution in [-0.2, 0) is 0 Å². The zero-order chi connectivity index (χ0) is 13.3. The Bertz CT molecular complexity index is 628. The summed E-state index contributed by atoms with van der Waals surface area (Å²) >= 11 is 0. The summed E-state index contributed by atoms with van der Waals surface area (Å²) < 4.78 is 10.9. The maximum absolute atomic E-state index is 11.3. The lowest BCUT2D eigenvalue weighted by molar-refractivity contribution is 0.119. The second kappa shape index (κ2) is 4.46. The van der Waals surface area contributed by atoms with E-state index in [2.05, 4.69) is 0 Å². The number of hydrogen-bond donors (Lipinski definition) is 1. The fourth-order valence-electron chi connectivity index (χ4n) is 1.73. The molecule has 0 bridgehead atoms. The lowest BCUT2D eigenvalue weighted by Crippen LogP contribution is -2.37. The van der Waals surface area contributed by atoms with Gasteiger partial charge in [-0.15, -0.1) is 0 Å². The summed E-state index contributed by atoms with van der Waals surface area (Å²) in [4.78, 5) is 11.3. The van der Waals surface area contributed by atoms with Crippen LogP contribution < -0.4 is 16.1 Å². The van der Waals surface area contributed by atoms with E-state index in [1.54, 1.807) is 6.07 Å². The lowest BCUT2D eigenvalue weighted by Gasteiger charge is -2.24. The topological polar surface area (TPSA) is 65.5 Å². The zero-order valence-electron chi connectivity index (χ0n) is 10.8. The molecule has 18 heavy (non-hydrogen) atoms. The molecule has 1 aromatic carbocycles. The Balaban J connectivity index is 2.48. The maximum atomic E-state index is 11.3. The van der Waals surface area contributed by atoms with Crippen LogP contribution in [0.15, 0.2) is 33.5 Å². The average molecular weight is 247 g/mol. The molecule has 0 amide bonds. The quantitative estimate of drug-likeness (QED) is 0.844. The van der Waals surface area contributed by atoms with Gasteiger partial charge in [-0.05, 0) is 38.5 Å². The normalized spacial score (nSPS) is 11.8. The number of fused-ring (bicyclic) bond motifs is 1. The Morgan fingerprint density at radius 1 is 1.33 bits per heavy atom. The average Bonchev–Trinajstić information content (AvgIpc) is 2.27. The highest BCUT2D eigenvalue weighted by molar-refractivity contribution is 5.81. The molecule has 1 heterocycles. The summed E-state index contributed by atoms with van der Waals surface area (Å²) in [5, 5.41) is 0.910. The van der Waals surface area contributed by atoms with Crippen molar-refractivity contribution in [3.8, 4) is 5.75 Å². The zero-order valence-corrected chi connectivity index (χ0v) is 10.8. The molecule has 2 rings (SSSR count). The highest BCUT2D eigenvalue weighted by atomic mass is 16.5. The molecule has 0 unspecified atom stereocenters. The summed E-state index contributed by atoms with van der Waals surface area (Å²) in [5.74, 6) is 0.645. The Morgan fingerprint density at radius 2 is 2.06 bits per heavy atom. The molecule has 1 aromatic heterocycles. The number of benzene rings is 1. The van der Waals surface area contributed by atoms with Gasteiger partial charge in [0.1, 0.15) is 16.9 Å². The molecule has 0 aliphatic carbocycles. The molecular weight excluding hydrogens is 230 g/mol. The number of ether oxygens (including phenoxy) is 1.